The fraction of sp³-hybridized carbons (Fsp3) is 1.00. The molecule has 0 aromatic carbocycles. The minimum Gasteiger partial charge on any atom is -0.348 e. The second kappa shape index (κ2) is 20.3. The van der Waals surface area contributed by atoms with Gasteiger partial charge in [0.2, 0.25) is 17.4 Å². The zero-order valence-electron chi connectivity index (χ0n) is 47.1. The zero-order chi connectivity index (χ0) is 56.1. The van der Waals surface area contributed by atoms with E-state index in [0.717, 1.165) is 51.4 Å². The summed E-state index contributed by atoms with van der Waals surface area (Å²) in [6.45, 7) is 19.7. The third-order valence-electron chi connectivity index (χ3n) is 21.9. The van der Waals surface area contributed by atoms with Gasteiger partial charge in [-0.1, -0.05) is 57.5 Å². The number of fused-ring (bicyclic) bond motifs is 6. The van der Waals surface area contributed by atoms with Gasteiger partial charge < -0.3 is 47.5 Å². The van der Waals surface area contributed by atoms with Gasteiger partial charge in [0.25, 0.3) is 11.6 Å². The summed E-state index contributed by atoms with van der Waals surface area (Å²) in [6.07, 6.45) is -3.60. The van der Waals surface area contributed by atoms with Crippen LogP contribution in [0.4, 0.5) is 26.3 Å². The molecule has 12 heterocycles. The number of likely N-dealkylation sites (N-methyl/N-ethyl adjacent to an activating group) is 1. The van der Waals surface area contributed by atoms with Gasteiger partial charge in [-0.25, -0.2) is 29.3 Å². The predicted molar refractivity (Wildman–Crippen MR) is 264 cm³/mol. The fourth-order valence-electron chi connectivity index (χ4n) is 17.3. The van der Waals surface area contributed by atoms with Crippen LogP contribution in [0.2, 0.25) is 0 Å². The smallest absolute Gasteiger partial charge is 0.348 e. The highest BCUT2D eigenvalue weighted by atomic mass is 79.9. The molecule has 24 atom stereocenters. The summed E-state index contributed by atoms with van der Waals surface area (Å²) >= 11 is 3.15. The summed E-state index contributed by atoms with van der Waals surface area (Å²) in [5.41, 5.74) is -2.85. The third-order valence-corrected chi connectivity index (χ3v) is 22.2. The van der Waals surface area contributed by atoms with Crippen molar-refractivity contribution in [2.75, 3.05) is 45.3 Å². The van der Waals surface area contributed by atoms with E-state index in [9.17, 15) is 13.2 Å². The van der Waals surface area contributed by atoms with E-state index in [2.05, 4.69) is 43.6 Å². The normalized spacial score (nSPS) is 54.0. The van der Waals surface area contributed by atoms with Crippen LogP contribution in [0, 0.1) is 71.0 Å². The summed E-state index contributed by atoms with van der Waals surface area (Å²) in [4.78, 5) is 37.5. The Kier molecular flexibility index (Phi) is 15.4. The number of ether oxygens (including phenoxy) is 9. The number of hydrogen-bond acceptors (Lipinski definition) is 16. The van der Waals surface area contributed by atoms with Crippen LogP contribution in [0.15, 0.2) is 0 Å². The van der Waals surface area contributed by atoms with Crippen molar-refractivity contribution >= 4 is 15.9 Å². The van der Waals surface area contributed by atoms with Crippen molar-refractivity contribution < 1.29 is 98.3 Å². The molecular formula is C55H84BrF6NO15. The fourth-order valence-corrected chi connectivity index (χ4v) is 17.4. The Labute approximate surface area is 462 Å². The average molecular weight is 1190 g/mol. The molecule has 3 saturated carbocycles. The van der Waals surface area contributed by atoms with Gasteiger partial charge in [-0.15, -0.1) is 0 Å². The van der Waals surface area contributed by atoms with E-state index in [-0.39, 0.29) is 66.5 Å². The first-order valence-electron chi connectivity index (χ1n) is 29.0. The van der Waals surface area contributed by atoms with Gasteiger partial charge in [0, 0.05) is 73.2 Å². The molecule has 0 N–H and O–H groups in total. The Bertz CT molecular complexity index is 2200. The summed E-state index contributed by atoms with van der Waals surface area (Å²) in [6, 6.07) is 0. The Morgan fingerprint density at radius 1 is 0.436 bits per heavy atom. The maximum atomic E-state index is 15.2. The highest BCUT2D eigenvalue weighted by Gasteiger charge is 2.80. The van der Waals surface area contributed by atoms with Crippen LogP contribution in [0.25, 0.3) is 0 Å². The maximum absolute atomic E-state index is 15.2. The van der Waals surface area contributed by atoms with Crippen LogP contribution in [0.1, 0.15) is 146 Å². The van der Waals surface area contributed by atoms with Crippen molar-refractivity contribution in [1.29, 1.82) is 0 Å². The number of halogens is 7. The molecule has 78 heavy (non-hydrogen) atoms. The Balaban J connectivity index is 0.000000201. The summed E-state index contributed by atoms with van der Waals surface area (Å²) < 4.78 is 143. The summed E-state index contributed by atoms with van der Waals surface area (Å²) in [7, 11) is 1.84. The quantitative estimate of drug-likeness (QED) is 0.110. The molecule has 0 amide bonds. The number of nitrogens with zero attached hydrogens (tertiary/aromatic N) is 1. The first kappa shape index (κ1) is 59.2. The van der Waals surface area contributed by atoms with Crippen molar-refractivity contribution in [3.8, 4) is 0 Å². The Hall–Kier alpha value is -0.580. The number of alkyl halides is 7. The average Bonchev–Trinajstić information content (AvgIpc) is 3.51. The number of hydrogen-bond donors (Lipinski definition) is 0. The monoisotopic (exact) mass is 1190 g/mol. The van der Waals surface area contributed by atoms with Crippen molar-refractivity contribution in [1.82, 2.24) is 4.90 Å². The lowest BCUT2D eigenvalue weighted by Crippen LogP contribution is -2.76. The van der Waals surface area contributed by atoms with E-state index < -0.39 is 106 Å². The molecule has 15 fully saturated rings. The predicted octanol–water partition coefficient (Wildman–Crippen LogP) is 11.2. The lowest BCUT2D eigenvalue weighted by molar-refractivity contribution is -0.598. The van der Waals surface area contributed by atoms with E-state index in [1.54, 1.807) is 27.7 Å². The van der Waals surface area contributed by atoms with Crippen LogP contribution in [0.3, 0.4) is 0 Å². The number of rotatable bonds is 11. The van der Waals surface area contributed by atoms with Crippen molar-refractivity contribution in [3.63, 3.8) is 0 Å². The molecule has 0 aromatic heterocycles. The van der Waals surface area contributed by atoms with Gasteiger partial charge in [-0.3, -0.25) is 0 Å². The summed E-state index contributed by atoms with van der Waals surface area (Å²) in [5.74, 6) is -11.4. The first-order valence-corrected chi connectivity index (χ1v) is 30.1. The van der Waals surface area contributed by atoms with Gasteiger partial charge in [-0.2, -0.15) is 26.3 Å². The molecule has 15 aliphatic rings. The highest BCUT2D eigenvalue weighted by Crippen LogP contribution is 2.67. The Morgan fingerprint density at radius 3 is 1.15 bits per heavy atom. The molecule has 12 saturated heterocycles. The molecule has 0 aromatic rings. The molecule has 3 spiro atoms. The van der Waals surface area contributed by atoms with E-state index in [4.69, 9.17) is 72.0 Å². The molecule has 0 unspecified atom stereocenters. The van der Waals surface area contributed by atoms with Crippen LogP contribution in [-0.2, 0) is 72.0 Å². The topological polar surface area (TPSA) is 142 Å². The van der Waals surface area contributed by atoms with Gasteiger partial charge in [0.05, 0.1) is 19.8 Å². The van der Waals surface area contributed by atoms with E-state index in [1.165, 1.54) is 0 Å². The maximum Gasteiger partial charge on any atom is 0.443 e. The third kappa shape index (κ3) is 8.92. The van der Waals surface area contributed by atoms with Crippen molar-refractivity contribution in [2.45, 2.75) is 229 Å². The van der Waals surface area contributed by atoms with Crippen LogP contribution in [0.5, 0.6) is 0 Å². The van der Waals surface area contributed by atoms with Gasteiger partial charge in [0.1, 0.15) is 0 Å². The molecule has 15 rings (SSSR count). The largest absolute Gasteiger partial charge is 0.443 e. The lowest BCUT2D eigenvalue weighted by atomic mass is 9.57. The van der Waals surface area contributed by atoms with E-state index >= 15 is 13.2 Å². The van der Waals surface area contributed by atoms with Crippen LogP contribution >= 0.6 is 15.9 Å². The molecule has 12 aliphatic heterocycles. The molecule has 6 bridgehead atoms. The molecule has 448 valence electrons. The van der Waals surface area contributed by atoms with Crippen LogP contribution < -0.4 is 0 Å². The standard InChI is InChI=1S/C37H58F3NO10.C18H26BrF3O5/c1-21-9-11-27-23(3)33(7,46-29-34(27)25(21)13-15-31(5,44-29)48-50-34)42-19-17-41(8)18-20-43-36(37(38,39)40)24(4)28-12-10-22(2)26-14-16-32(6)45-30(47-36)35(26,28)51-49-32;1-10-4-5-13-11(2)17(18(20,21)22,23-9-8-19)25-14-16(13)12(10)6-7-15(3,24-14)26-27-16/h21-30H,9-20H2,1-8H3;10-14H,4-9H2,1-3H3/t21-,22-,23-,24-,25+,26+,27+,28+,29+,30+,31-,32-,33+,34-,35-,36-;10-,11-,12+,13+,14+,15-,16-,17-/m11/s1. The minimum atomic E-state index is -4.81. The molecule has 3 aliphatic carbocycles. The molecule has 16 nitrogen and oxygen atoms in total. The lowest BCUT2D eigenvalue weighted by Gasteiger charge is -2.62. The minimum absolute atomic E-state index is 0.00966. The highest BCUT2D eigenvalue weighted by molar-refractivity contribution is 9.09. The van der Waals surface area contributed by atoms with Crippen molar-refractivity contribution in [2.24, 2.45) is 71.0 Å². The zero-order valence-corrected chi connectivity index (χ0v) is 48.7. The van der Waals surface area contributed by atoms with Gasteiger partial charge in [0.15, 0.2) is 41.5 Å². The second-order valence-corrected chi connectivity index (χ2v) is 27.1. The van der Waals surface area contributed by atoms with E-state index in [0.29, 0.717) is 44.8 Å². The second-order valence-electron chi connectivity index (χ2n) is 26.3. The Morgan fingerprint density at radius 2 is 0.782 bits per heavy atom. The van der Waals surface area contributed by atoms with Crippen LogP contribution in [-0.4, -0.2) is 133 Å². The summed E-state index contributed by atoms with van der Waals surface area (Å²) in [5, 5.41) is 0.277. The van der Waals surface area contributed by atoms with E-state index in [1.807, 2.05) is 25.8 Å². The first-order chi connectivity index (χ1) is 36.5. The van der Waals surface area contributed by atoms with Crippen molar-refractivity contribution in [3.05, 3.63) is 0 Å². The van der Waals surface area contributed by atoms with Gasteiger partial charge >= 0.3 is 12.4 Å². The van der Waals surface area contributed by atoms with Gasteiger partial charge in [-0.05, 0) is 128 Å². The molecule has 23 heteroatoms. The SMILES string of the molecule is C[C@@H]1CC[C@H]2[C@@H](C)[C@@](C)(OCCN(C)CCO[C@@]3(C(F)(F)F)O[C@@H]4O[C@@]5(C)CC[C@H]6[C@H](C)CC[C@@H]([C@H]3C)[C@@]46OO5)O[C@@H]3O[C@@]4(C)CC[C@@H]1[C@]32OO4.C[C@@H]1CC[C@H]2[C@@H](C)[C@](OCCBr)(C(F)(F)F)O[C@@H]3O[C@@]4(C)CC[C@@H]1[C@]32OO4. The molecule has 0 radical (unpaired) electrons. The molecular weight excluding hydrogens is 1110 g/mol.